The zero-order valence-corrected chi connectivity index (χ0v) is 13.9. The van der Waals surface area contributed by atoms with Gasteiger partial charge in [-0.15, -0.1) is 11.3 Å². The van der Waals surface area contributed by atoms with E-state index >= 15 is 0 Å². The molecule has 1 fully saturated rings. The Morgan fingerprint density at radius 3 is 2.71 bits per heavy atom. The second kappa shape index (κ2) is 6.24. The second-order valence-corrected chi connectivity index (χ2v) is 6.86. The maximum atomic E-state index is 12.7. The fraction of sp³-hybridized carbons (Fsp3) is 0.263. The largest absolute Gasteiger partial charge is 0.462 e. The zero-order chi connectivity index (χ0) is 16.4. The van der Waals surface area contributed by atoms with Gasteiger partial charge in [-0.1, -0.05) is 36.8 Å². The standard InChI is InChI=1S/C19H17NO3S/c21-18(19(9-5-10-19)14-6-2-1-3-7-14)23-12-15-13-24-17(20-15)16-8-4-11-22-16/h1-4,6-8,11,13H,5,9-10,12H2. The first-order chi connectivity index (χ1) is 11.8. The topological polar surface area (TPSA) is 52.3 Å². The number of furan rings is 1. The molecule has 24 heavy (non-hydrogen) atoms. The van der Waals surface area contributed by atoms with Gasteiger partial charge in [-0.3, -0.25) is 4.79 Å². The highest BCUT2D eigenvalue weighted by Gasteiger charge is 2.47. The second-order valence-electron chi connectivity index (χ2n) is 6.00. The third-order valence-corrected chi connectivity index (χ3v) is 5.46. The summed E-state index contributed by atoms with van der Waals surface area (Å²) in [5, 5.41) is 2.70. The molecule has 0 unspecified atom stereocenters. The van der Waals surface area contributed by atoms with Gasteiger partial charge in [0.15, 0.2) is 10.8 Å². The number of aromatic nitrogens is 1. The van der Waals surface area contributed by atoms with Crippen molar-refractivity contribution in [2.24, 2.45) is 0 Å². The van der Waals surface area contributed by atoms with Gasteiger partial charge in [-0.05, 0) is 30.5 Å². The van der Waals surface area contributed by atoms with Crippen molar-refractivity contribution in [2.75, 3.05) is 0 Å². The Hall–Kier alpha value is -2.40. The van der Waals surface area contributed by atoms with E-state index in [9.17, 15) is 4.79 Å². The SMILES string of the molecule is O=C(OCc1csc(-c2ccco2)n1)C1(c2ccccc2)CCC1. The van der Waals surface area contributed by atoms with Gasteiger partial charge in [-0.2, -0.15) is 0 Å². The van der Waals surface area contributed by atoms with Crippen LogP contribution in [0, 0.1) is 0 Å². The molecule has 0 saturated heterocycles. The monoisotopic (exact) mass is 339 g/mol. The minimum atomic E-state index is -0.471. The summed E-state index contributed by atoms with van der Waals surface area (Å²) in [6.07, 6.45) is 4.38. The van der Waals surface area contributed by atoms with Gasteiger partial charge in [0.1, 0.15) is 6.61 Å². The smallest absolute Gasteiger partial charge is 0.316 e. The predicted molar refractivity (Wildman–Crippen MR) is 91.6 cm³/mol. The molecule has 122 valence electrons. The first-order valence-electron chi connectivity index (χ1n) is 7.99. The van der Waals surface area contributed by atoms with Crippen LogP contribution < -0.4 is 0 Å². The lowest BCUT2D eigenvalue weighted by Gasteiger charge is -2.39. The fourth-order valence-electron chi connectivity index (χ4n) is 3.06. The van der Waals surface area contributed by atoms with Gasteiger partial charge in [0.05, 0.1) is 17.4 Å². The van der Waals surface area contributed by atoms with Gasteiger partial charge in [0.2, 0.25) is 0 Å². The molecule has 0 bridgehead atoms. The third kappa shape index (κ3) is 2.65. The highest BCUT2D eigenvalue weighted by Crippen LogP contribution is 2.44. The van der Waals surface area contributed by atoms with Gasteiger partial charge < -0.3 is 9.15 Å². The van der Waals surface area contributed by atoms with Crippen LogP contribution in [-0.2, 0) is 21.6 Å². The number of hydrogen-bond donors (Lipinski definition) is 0. The minimum Gasteiger partial charge on any atom is -0.462 e. The van der Waals surface area contributed by atoms with E-state index in [4.69, 9.17) is 9.15 Å². The van der Waals surface area contributed by atoms with Crippen molar-refractivity contribution in [1.29, 1.82) is 0 Å². The molecule has 2 aromatic heterocycles. The van der Waals surface area contributed by atoms with Crippen LogP contribution in [0.4, 0.5) is 0 Å². The molecule has 1 aromatic carbocycles. The number of hydrogen-bond acceptors (Lipinski definition) is 5. The number of carbonyl (C=O) groups excluding carboxylic acids is 1. The van der Waals surface area contributed by atoms with Crippen molar-refractivity contribution in [1.82, 2.24) is 4.98 Å². The summed E-state index contributed by atoms with van der Waals surface area (Å²) in [6, 6.07) is 13.6. The Balaban J connectivity index is 1.45. The fourth-order valence-corrected chi connectivity index (χ4v) is 3.83. The molecule has 5 heteroatoms. The van der Waals surface area contributed by atoms with E-state index in [-0.39, 0.29) is 12.6 Å². The van der Waals surface area contributed by atoms with Gasteiger partial charge in [0, 0.05) is 5.38 Å². The average Bonchev–Trinajstić information content (AvgIpc) is 3.24. The summed E-state index contributed by atoms with van der Waals surface area (Å²) in [6.45, 7) is 0.199. The van der Waals surface area contributed by atoms with Crippen molar-refractivity contribution in [2.45, 2.75) is 31.3 Å². The van der Waals surface area contributed by atoms with E-state index in [2.05, 4.69) is 4.98 Å². The Morgan fingerprint density at radius 1 is 1.21 bits per heavy atom. The van der Waals surface area contributed by atoms with Crippen LogP contribution in [0.25, 0.3) is 10.8 Å². The zero-order valence-electron chi connectivity index (χ0n) is 13.1. The van der Waals surface area contributed by atoms with Crippen molar-refractivity contribution < 1.29 is 13.9 Å². The van der Waals surface area contributed by atoms with Crippen LogP contribution in [0.1, 0.15) is 30.5 Å². The Kier molecular flexibility index (Phi) is 3.94. The number of nitrogens with zero attached hydrogens (tertiary/aromatic N) is 1. The number of carbonyl (C=O) groups is 1. The van der Waals surface area contributed by atoms with E-state index < -0.39 is 5.41 Å². The number of benzene rings is 1. The molecule has 0 spiro atoms. The summed E-state index contributed by atoms with van der Waals surface area (Å²) < 4.78 is 10.9. The highest BCUT2D eigenvalue weighted by atomic mass is 32.1. The van der Waals surface area contributed by atoms with Crippen LogP contribution in [0.2, 0.25) is 0 Å². The summed E-state index contributed by atoms with van der Waals surface area (Å²) in [7, 11) is 0. The molecule has 1 aliphatic carbocycles. The quantitative estimate of drug-likeness (QED) is 0.639. The van der Waals surface area contributed by atoms with Gasteiger partial charge >= 0.3 is 5.97 Å². The van der Waals surface area contributed by atoms with Crippen LogP contribution >= 0.6 is 11.3 Å². The molecule has 0 radical (unpaired) electrons. The maximum Gasteiger partial charge on any atom is 0.316 e. The normalized spacial score (nSPS) is 15.7. The van der Waals surface area contributed by atoms with Gasteiger partial charge in [0.25, 0.3) is 0 Å². The highest BCUT2D eigenvalue weighted by molar-refractivity contribution is 7.13. The maximum absolute atomic E-state index is 12.7. The molecule has 0 atom stereocenters. The van der Waals surface area contributed by atoms with Crippen LogP contribution in [-0.4, -0.2) is 11.0 Å². The third-order valence-electron chi connectivity index (χ3n) is 4.56. The van der Waals surface area contributed by atoms with Gasteiger partial charge in [-0.25, -0.2) is 4.98 Å². The molecule has 1 saturated carbocycles. The van der Waals surface area contributed by atoms with E-state index in [0.717, 1.165) is 41.3 Å². The Morgan fingerprint density at radius 2 is 2.04 bits per heavy atom. The molecule has 2 heterocycles. The van der Waals surface area contributed by atoms with Crippen molar-refractivity contribution in [3.63, 3.8) is 0 Å². The molecule has 0 N–H and O–H groups in total. The molecule has 0 amide bonds. The van der Waals surface area contributed by atoms with E-state index in [1.165, 1.54) is 11.3 Å². The van der Waals surface area contributed by atoms with Crippen molar-refractivity contribution in [3.05, 3.63) is 65.4 Å². The molecular formula is C19H17NO3S. The first-order valence-corrected chi connectivity index (χ1v) is 8.87. The molecule has 1 aliphatic rings. The summed E-state index contributed by atoms with van der Waals surface area (Å²) in [5.41, 5.74) is 1.33. The number of thiazole rings is 1. The van der Waals surface area contributed by atoms with E-state index in [0.29, 0.717) is 0 Å². The molecular weight excluding hydrogens is 322 g/mol. The van der Waals surface area contributed by atoms with Crippen LogP contribution in [0.5, 0.6) is 0 Å². The summed E-state index contributed by atoms with van der Waals surface area (Å²) in [5.74, 6) is 0.588. The van der Waals surface area contributed by atoms with E-state index in [1.54, 1.807) is 6.26 Å². The van der Waals surface area contributed by atoms with Crippen LogP contribution in [0.15, 0.2) is 58.5 Å². The predicted octanol–water partition coefficient (Wildman–Crippen LogP) is 4.57. The number of ether oxygens (including phenoxy) is 1. The molecule has 3 aromatic rings. The Labute approximate surface area is 144 Å². The minimum absolute atomic E-state index is 0.146. The lowest BCUT2D eigenvalue weighted by atomic mass is 9.64. The summed E-state index contributed by atoms with van der Waals surface area (Å²) in [4.78, 5) is 17.2. The lowest BCUT2D eigenvalue weighted by molar-refractivity contribution is -0.156. The van der Waals surface area contributed by atoms with Crippen LogP contribution in [0.3, 0.4) is 0 Å². The lowest BCUT2D eigenvalue weighted by Crippen LogP contribution is -2.43. The average molecular weight is 339 g/mol. The van der Waals surface area contributed by atoms with Crippen molar-refractivity contribution in [3.8, 4) is 10.8 Å². The first kappa shape index (κ1) is 15.1. The number of esters is 1. The van der Waals surface area contributed by atoms with Crippen molar-refractivity contribution >= 4 is 17.3 Å². The molecule has 4 rings (SSSR count). The number of rotatable bonds is 5. The summed E-state index contributed by atoms with van der Waals surface area (Å²) >= 11 is 1.49. The molecule has 0 aliphatic heterocycles. The van der Waals surface area contributed by atoms with E-state index in [1.807, 2.05) is 47.8 Å². The molecule has 4 nitrogen and oxygen atoms in total. The Bertz CT molecular complexity index is 819.